The monoisotopic (exact) mass is 503 g/mol. The summed E-state index contributed by atoms with van der Waals surface area (Å²) in [5.74, 6) is 1.19. The third-order valence-electron chi connectivity index (χ3n) is 8.08. The molecular formula is C32H43N2O3+. The Morgan fingerprint density at radius 2 is 1.89 bits per heavy atom. The molecule has 1 saturated heterocycles. The minimum absolute atomic E-state index is 0.0437. The lowest BCUT2D eigenvalue weighted by Crippen LogP contribution is -2.48. The van der Waals surface area contributed by atoms with Crippen molar-refractivity contribution >= 4 is 10.9 Å². The molecule has 4 rings (SSSR count). The van der Waals surface area contributed by atoms with Gasteiger partial charge in [0.1, 0.15) is 24.9 Å². The van der Waals surface area contributed by atoms with Gasteiger partial charge >= 0.3 is 0 Å². The number of hydrogen-bond acceptors (Lipinski definition) is 3. The van der Waals surface area contributed by atoms with E-state index in [1.165, 1.54) is 50.6 Å². The zero-order valence-corrected chi connectivity index (χ0v) is 23.3. The van der Waals surface area contributed by atoms with Crippen LogP contribution in [0, 0.1) is 0 Å². The number of pyridine rings is 1. The highest BCUT2D eigenvalue weighted by molar-refractivity contribution is 5.81. The molecule has 3 aromatic rings. The number of hydrogen-bond donors (Lipinski definition) is 0. The van der Waals surface area contributed by atoms with E-state index in [4.69, 9.17) is 9.47 Å². The highest BCUT2D eigenvalue weighted by Crippen LogP contribution is 2.35. The molecule has 0 spiro atoms. The van der Waals surface area contributed by atoms with Gasteiger partial charge in [-0.05, 0) is 55.2 Å². The minimum Gasteiger partial charge on any atom is -0.497 e. The van der Waals surface area contributed by atoms with E-state index < -0.39 is 0 Å². The first kappa shape index (κ1) is 27.0. The summed E-state index contributed by atoms with van der Waals surface area (Å²) >= 11 is 0. The topological polar surface area (TPSA) is 40.5 Å². The molecular weight excluding hydrogens is 460 g/mol. The first-order valence-electron chi connectivity index (χ1n) is 13.8. The van der Waals surface area contributed by atoms with E-state index >= 15 is 0 Å². The first-order valence-corrected chi connectivity index (χ1v) is 13.8. The van der Waals surface area contributed by atoms with Crippen LogP contribution in [0.1, 0.15) is 63.5 Å². The predicted octanol–water partition coefficient (Wildman–Crippen LogP) is 6.76. The molecule has 5 heteroatoms. The van der Waals surface area contributed by atoms with Crippen molar-refractivity contribution in [1.82, 2.24) is 4.57 Å². The summed E-state index contributed by atoms with van der Waals surface area (Å²) in [4.78, 5) is 13.5. The van der Waals surface area contributed by atoms with E-state index in [2.05, 4.69) is 45.2 Å². The highest BCUT2D eigenvalue weighted by atomic mass is 16.5. The van der Waals surface area contributed by atoms with Crippen molar-refractivity contribution in [3.05, 3.63) is 81.7 Å². The number of rotatable bonds is 11. The lowest BCUT2D eigenvalue weighted by atomic mass is 9.96. The molecule has 0 radical (unpaired) electrons. The van der Waals surface area contributed by atoms with Gasteiger partial charge in [0.15, 0.2) is 5.75 Å². The third-order valence-corrected chi connectivity index (χ3v) is 8.08. The number of quaternary nitrogens is 1. The van der Waals surface area contributed by atoms with Gasteiger partial charge in [0.25, 0.3) is 0 Å². The number of likely N-dealkylation sites (tertiary alicyclic amines) is 1. The minimum atomic E-state index is -0.0437. The lowest BCUT2D eigenvalue weighted by molar-refractivity contribution is -0.929. The van der Waals surface area contributed by atoms with Crippen molar-refractivity contribution in [2.24, 2.45) is 7.05 Å². The van der Waals surface area contributed by atoms with Gasteiger partial charge in [-0.3, -0.25) is 4.79 Å². The first-order chi connectivity index (χ1) is 17.9. The smallest absolute Gasteiger partial charge is 0.231 e. The zero-order chi connectivity index (χ0) is 26.4. The van der Waals surface area contributed by atoms with Crippen LogP contribution < -0.4 is 14.9 Å². The van der Waals surface area contributed by atoms with Crippen molar-refractivity contribution in [1.29, 1.82) is 0 Å². The SMILES string of the molecule is CC=C(CCCCC)C1CCC[N+]1(C)Cc1ccc2c(c1)c(=O)c(OCc1ccc(OC)cc1)cn2C. The maximum atomic E-state index is 13.5. The molecule has 2 atom stereocenters. The number of fused-ring (bicyclic) bond motifs is 1. The molecule has 37 heavy (non-hydrogen) atoms. The molecule has 1 aromatic heterocycles. The fourth-order valence-electron chi connectivity index (χ4n) is 5.98. The van der Waals surface area contributed by atoms with Crippen LogP contribution in [0.15, 0.2) is 65.1 Å². The normalized spacial score (nSPS) is 19.9. The number of aryl methyl sites for hydroxylation is 1. The summed E-state index contributed by atoms with van der Waals surface area (Å²) in [5, 5.41) is 0.726. The number of unbranched alkanes of at least 4 members (excludes halogenated alkanes) is 2. The average Bonchev–Trinajstić information content (AvgIpc) is 3.28. The Morgan fingerprint density at radius 3 is 2.59 bits per heavy atom. The fraction of sp³-hybridized carbons (Fsp3) is 0.469. The summed E-state index contributed by atoms with van der Waals surface area (Å²) in [7, 11) is 6.02. The quantitative estimate of drug-likeness (QED) is 0.165. The summed E-state index contributed by atoms with van der Waals surface area (Å²) in [6.07, 6.45) is 11.7. The highest BCUT2D eigenvalue weighted by Gasteiger charge is 2.39. The molecule has 0 saturated carbocycles. The van der Waals surface area contributed by atoms with Crippen LogP contribution in [0.3, 0.4) is 0 Å². The van der Waals surface area contributed by atoms with Crippen molar-refractivity contribution in [3.63, 3.8) is 0 Å². The van der Waals surface area contributed by atoms with Gasteiger partial charge in [0.2, 0.25) is 5.43 Å². The van der Waals surface area contributed by atoms with E-state index in [1.807, 2.05) is 35.9 Å². The summed E-state index contributed by atoms with van der Waals surface area (Å²) < 4.78 is 14.2. The Hall–Kier alpha value is -3.05. The van der Waals surface area contributed by atoms with E-state index in [0.29, 0.717) is 18.4 Å². The Kier molecular flexibility index (Phi) is 8.75. The van der Waals surface area contributed by atoms with E-state index in [9.17, 15) is 4.79 Å². The maximum Gasteiger partial charge on any atom is 0.231 e. The molecule has 0 aliphatic carbocycles. The van der Waals surface area contributed by atoms with E-state index in [1.54, 1.807) is 18.9 Å². The number of methoxy groups -OCH3 is 1. The average molecular weight is 504 g/mol. The summed E-state index contributed by atoms with van der Waals surface area (Å²) in [5.41, 5.74) is 4.71. The van der Waals surface area contributed by atoms with Crippen molar-refractivity contribution in [2.45, 2.75) is 71.6 Å². The van der Waals surface area contributed by atoms with E-state index in [0.717, 1.165) is 33.2 Å². The molecule has 1 aliphatic heterocycles. The van der Waals surface area contributed by atoms with Crippen LogP contribution in [0.25, 0.3) is 10.9 Å². The van der Waals surface area contributed by atoms with E-state index in [-0.39, 0.29) is 5.43 Å². The standard InChI is InChI=1S/C32H43N2O3/c1-6-8-9-11-26(7-2)30-12-10-19-34(30,4)22-25-15-18-29-28(20-25)32(35)31(21-33(29)3)37-23-24-13-16-27(36-5)17-14-24/h7,13-18,20-21,30H,6,8-12,19,22-23H2,1-5H3/q+1. The molecule has 198 valence electrons. The predicted molar refractivity (Wildman–Crippen MR) is 152 cm³/mol. The van der Waals surface area contributed by atoms with Crippen molar-refractivity contribution in [3.8, 4) is 11.5 Å². The van der Waals surface area contributed by atoms with Gasteiger partial charge in [0.05, 0.1) is 37.8 Å². The molecule has 1 fully saturated rings. The van der Waals surface area contributed by atoms with Gasteiger partial charge in [-0.25, -0.2) is 0 Å². The third kappa shape index (κ3) is 6.10. The van der Waals surface area contributed by atoms with Crippen LogP contribution in [-0.4, -0.2) is 35.8 Å². The number of nitrogens with zero attached hydrogens (tertiary/aromatic N) is 2. The number of benzene rings is 2. The largest absolute Gasteiger partial charge is 0.497 e. The molecule has 5 nitrogen and oxygen atoms in total. The number of aromatic nitrogens is 1. The van der Waals surface area contributed by atoms with Crippen LogP contribution >= 0.6 is 0 Å². The maximum absolute atomic E-state index is 13.5. The second-order valence-electron chi connectivity index (χ2n) is 10.8. The van der Waals surface area contributed by atoms with Gasteiger partial charge in [0, 0.05) is 25.5 Å². The van der Waals surface area contributed by atoms with Crippen LogP contribution in [0.4, 0.5) is 0 Å². The molecule has 1 aliphatic rings. The van der Waals surface area contributed by atoms with Gasteiger partial charge < -0.3 is 18.5 Å². The fourth-order valence-corrected chi connectivity index (χ4v) is 5.98. The molecule has 0 N–H and O–H groups in total. The number of allylic oxidation sites excluding steroid dienone is 1. The van der Waals surface area contributed by atoms with Gasteiger partial charge in [-0.1, -0.05) is 44.0 Å². The van der Waals surface area contributed by atoms with Crippen LogP contribution in [-0.2, 0) is 20.2 Å². The second-order valence-corrected chi connectivity index (χ2v) is 10.8. The van der Waals surface area contributed by atoms with Crippen molar-refractivity contribution < 1.29 is 14.0 Å². The number of likely N-dealkylation sites (N-methyl/N-ethyl adjacent to an activating group) is 1. The molecule has 2 unspecified atom stereocenters. The second kappa shape index (κ2) is 12.0. The summed E-state index contributed by atoms with van der Waals surface area (Å²) in [6.45, 7) is 6.93. The van der Waals surface area contributed by atoms with Crippen LogP contribution in [0.5, 0.6) is 11.5 Å². The Morgan fingerprint density at radius 1 is 1.14 bits per heavy atom. The Bertz CT molecular complexity index is 1290. The van der Waals surface area contributed by atoms with Gasteiger partial charge in [-0.15, -0.1) is 0 Å². The Labute approximate surface area is 221 Å². The van der Waals surface area contributed by atoms with Crippen LogP contribution in [0.2, 0.25) is 0 Å². The summed E-state index contributed by atoms with van der Waals surface area (Å²) in [6, 6.07) is 14.7. The Balaban J connectivity index is 1.56. The zero-order valence-electron chi connectivity index (χ0n) is 23.3. The number of ether oxygens (including phenoxy) is 2. The molecule has 2 heterocycles. The molecule has 0 bridgehead atoms. The van der Waals surface area contributed by atoms with Crippen molar-refractivity contribution in [2.75, 3.05) is 20.7 Å². The molecule has 2 aromatic carbocycles. The molecule has 0 amide bonds. The van der Waals surface area contributed by atoms with Gasteiger partial charge in [-0.2, -0.15) is 0 Å². The lowest BCUT2D eigenvalue weighted by Gasteiger charge is -2.38.